The van der Waals surface area contributed by atoms with Crippen LogP contribution in [0.1, 0.15) is 38.3 Å². The standard InChI is InChI=1S/C19H27ClN4O2/c1-13(16-5-3-4-6-17(16)20)23-9-11-24(12-10-23)14(2)18(25)22-19(26)21-15-7-8-15/h3-6,13-15H,7-12H2,1-2H3,(H2,21,22,25,26). The molecular weight excluding hydrogens is 352 g/mol. The molecule has 6 nitrogen and oxygen atoms in total. The summed E-state index contributed by atoms with van der Waals surface area (Å²) in [4.78, 5) is 28.5. The highest BCUT2D eigenvalue weighted by atomic mass is 35.5. The normalized spacial score (nSPS) is 21.0. The quantitative estimate of drug-likeness (QED) is 0.825. The van der Waals surface area contributed by atoms with Gasteiger partial charge in [0.2, 0.25) is 5.91 Å². The van der Waals surface area contributed by atoms with Gasteiger partial charge in [0.1, 0.15) is 0 Å². The lowest BCUT2D eigenvalue weighted by molar-refractivity contribution is -0.125. The summed E-state index contributed by atoms with van der Waals surface area (Å²) in [6.45, 7) is 7.31. The number of nitrogens with one attached hydrogen (secondary N) is 2. The Balaban J connectivity index is 1.48. The van der Waals surface area contributed by atoms with Gasteiger partial charge in [0, 0.05) is 43.3 Å². The molecule has 1 heterocycles. The molecule has 0 radical (unpaired) electrons. The molecule has 2 N–H and O–H groups in total. The number of hydrogen-bond donors (Lipinski definition) is 2. The Morgan fingerprint density at radius 2 is 1.69 bits per heavy atom. The van der Waals surface area contributed by atoms with Crippen LogP contribution >= 0.6 is 11.6 Å². The minimum absolute atomic E-state index is 0.235. The molecule has 0 spiro atoms. The minimum atomic E-state index is -0.379. The molecule has 0 bridgehead atoms. The summed E-state index contributed by atoms with van der Waals surface area (Å²) in [7, 11) is 0. The third kappa shape index (κ3) is 4.75. The van der Waals surface area contributed by atoms with Crippen molar-refractivity contribution in [1.29, 1.82) is 0 Å². The van der Waals surface area contributed by atoms with Gasteiger partial charge < -0.3 is 5.32 Å². The number of urea groups is 1. The molecule has 1 aromatic carbocycles. The summed E-state index contributed by atoms with van der Waals surface area (Å²) < 4.78 is 0. The van der Waals surface area contributed by atoms with Crippen LogP contribution < -0.4 is 10.6 Å². The smallest absolute Gasteiger partial charge is 0.321 e. The molecule has 1 saturated heterocycles. The summed E-state index contributed by atoms with van der Waals surface area (Å²) >= 11 is 6.32. The van der Waals surface area contributed by atoms with Gasteiger partial charge in [0.15, 0.2) is 0 Å². The number of hydrogen-bond acceptors (Lipinski definition) is 4. The number of piperazine rings is 1. The van der Waals surface area contributed by atoms with Crippen molar-refractivity contribution in [2.45, 2.75) is 44.8 Å². The van der Waals surface area contributed by atoms with Crippen LogP contribution in [0, 0.1) is 0 Å². The second-order valence-electron chi connectivity index (χ2n) is 7.18. The van der Waals surface area contributed by atoms with Crippen molar-refractivity contribution in [2.75, 3.05) is 26.2 Å². The van der Waals surface area contributed by atoms with Crippen LogP contribution in [0.4, 0.5) is 4.79 Å². The van der Waals surface area contributed by atoms with Crippen LogP contribution in [0.5, 0.6) is 0 Å². The van der Waals surface area contributed by atoms with E-state index < -0.39 is 0 Å². The van der Waals surface area contributed by atoms with Crippen LogP contribution in [0.25, 0.3) is 0 Å². The molecular formula is C19H27ClN4O2. The summed E-state index contributed by atoms with van der Waals surface area (Å²) in [5.74, 6) is -0.240. The van der Waals surface area contributed by atoms with Crippen molar-refractivity contribution < 1.29 is 9.59 Å². The van der Waals surface area contributed by atoms with E-state index in [1.807, 2.05) is 25.1 Å². The summed E-state index contributed by atoms with van der Waals surface area (Å²) in [5, 5.41) is 6.02. The van der Waals surface area contributed by atoms with Crippen LogP contribution in [0.15, 0.2) is 24.3 Å². The lowest BCUT2D eigenvalue weighted by Gasteiger charge is -2.40. The Kier molecular flexibility index (Phi) is 6.16. The van der Waals surface area contributed by atoms with Gasteiger partial charge in [-0.15, -0.1) is 0 Å². The summed E-state index contributed by atoms with van der Waals surface area (Å²) in [6, 6.07) is 7.71. The molecule has 2 fully saturated rings. The lowest BCUT2D eigenvalue weighted by Crippen LogP contribution is -2.55. The van der Waals surface area contributed by atoms with E-state index in [2.05, 4.69) is 33.4 Å². The van der Waals surface area contributed by atoms with Crippen LogP contribution in [-0.4, -0.2) is 60.0 Å². The van der Waals surface area contributed by atoms with Crippen molar-refractivity contribution in [3.05, 3.63) is 34.9 Å². The van der Waals surface area contributed by atoms with E-state index in [9.17, 15) is 9.59 Å². The maximum absolute atomic E-state index is 12.3. The van der Waals surface area contributed by atoms with E-state index in [1.54, 1.807) is 0 Å². The van der Waals surface area contributed by atoms with Gasteiger partial charge in [-0.25, -0.2) is 4.79 Å². The summed E-state index contributed by atoms with van der Waals surface area (Å²) in [6.07, 6.45) is 2.01. The topological polar surface area (TPSA) is 64.7 Å². The predicted octanol–water partition coefficient (Wildman–Crippen LogP) is 2.40. The Bertz CT molecular complexity index is 657. The lowest BCUT2D eigenvalue weighted by atomic mass is 10.1. The predicted molar refractivity (Wildman–Crippen MR) is 102 cm³/mol. The Morgan fingerprint density at radius 1 is 1.08 bits per heavy atom. The molecule has 2 atom stereocenters. The number of carbonyl (C=O) groups is 2. The number of rotatable bonds is 5. The fourth-order valence-electron chi connectivity index (χ4n) is 3.35. The first-order chi connectivity index (χ1) is 12.5. The molecule has 1 saturated carbocycles. The van der Waals surface area contributed by atoms with E-state index in [-0.39, 0.29) is 30.1 Å². The van der Waals surface area contributed by atoms with Crippen LogP contribution in [0.3, 0.4) is 0 Å². The SMILES string of the molecule is CC(C(=O)NC(=O)NC1CC1)N1CCN(C(C)c2ccccc2Cl)CC1. The van der Waals surface area contributed by atoms with E-state index in [0.717, 1.165) is 49.6 Å². The van der Waals surface area contributed by atoms with Gasteiger partial charge in [-0.1, -0.05) is 29.8 Å². The van der Waals surface area contributed by atoms with Crippen molar-refractivity contribution in [1.82, 2.24) is 20.4 Å². The van der Waals surface area contributed by atoms with Crippen LogP contribution in [0.2, 0.25) is 5.02 Å². The van der Waals surface area contributed by atoms with E-state index >= 15 is 0 Å². The zero-order chi connectivity index (χ0) is 18.7. The van der Waals surface area contributed by atoms with Gasteiger partial charge in [0.05, 0.1) is 6.04 Å². The fraction of sp³-hybridized carbons (Fsp3) is 0.579. The Hall–Kier alpha value is -1.63. The van der Waals surface area contributed by atoms with Gasteiger partial charge in [-0.2, -0.15) is 0 Å². The maximum atomic E-state index is 12.3. The first-order valence-electron chi connectivity index (χ1n) is 9.29. The van der Waals surface area contributed by atoms with E-state index in [4.69, 9.17) is 11.6 Å². The number of carbonyl (C=O) groups excluding carboxylic acids is 2. The number of halogens is 1. The Labute approximate surface area is 159 Å². The minimum Gasteiger partial charge on any atom is -0.335 e. The van der Waals surface area contributed by atoms with Crippen molar-refractivity contribution in [3.63, 3.8) is 0 Å². The zero-order valence-corrected chi connectivity index (χ0v) is 16.1. The average molecular weight is 379 g/mol. The second-order valence-corrected chi connectivity index (χ2v) is 7.59. The number of benzene rings is 1. The van der Waals surface area contributed by atoms with Crippen molar-refractivity contribution in [2.24, 2.45) is 0 Å². The molecule has 2 aliphatic rings. The highest BCUT2D eigenvalue weighted by Crippen LogP contribution is 2.28. The van der Waals surface area contributed by atoms with Gasteiger partial charge in [-0.3, -0.25) is 19.9 Å². The third-order valence-electron chi connectivity index (χ3n) is 5.33. The first kappa shape index (κ1) is 19.1. The molecule has 1 aliphatic heterocycles. The second kappa shape index (κ2) is 8.37. The van der Waals surface area contributed by atoms with Crippen LogP contribution in [-0.2, 0) is 4.79 Å². The first-order valence-corrected chi connectivity index (χ1v) is 9.67. The zero-order valence-electron chi connectivity index (χ0n) is 15.4. The van der Waals surface area contributed by atoms with Gasteiger partial charge >= 0.3 is 6.03 Å². The van der Waals surface area contributed by atoms with Crippen molar-refractivity contribution in [3.8, 4) is 0 Å². The number of amides is 3. The molecule has 2 unspecified atom stereocenters. The third-order valence-corrected chi connectivity index (χ3v) is 5.67. The fourth-order valence-corrected chi connectivity index (χ4v) is 3.65. The van der Waals surface area contributed by atoms with Gasteiger partial charge in [-0.05, 0) is 38.3 Å². The maximum Gasteiger partial charge on any atom is 0.321 e. The number of nitrogens with zero attached hydrogens (tertiary/aromatic N) is 2. The molecule has 142 valence electrons. The molecule has 1 aliphatic carbocycles. The molecule has 26 heavy (non-hydrogen) atoms. The number of imide groups is 1. The highest BCUT2D eigenvalue weighted by Gasteiger charge is 2.30. The molecule has 3 rings (SSSR count). The summed E-state index contributed by atoms with van der Waals surface area (Å²) in [5.41, 5.74) is 1.13. The monoisotopic (exact) mass is 378 g/mol. The largest absolute Gasteiger partial charge is 0.335 e. The molecule has 1 aromatic rings. The highest BCUT2D eigenvalue weighted by molar-refractivity contribution is 6.31. The average Bonchev–Trinajstić information content (AvgIpc) is 3.44. The molecule has 0 aromatic heterocycles. The Morgan fingerprint density at radius 3 is 2.31 bits per heavy atom. The van der Waals surface area contributed by atoms with E-state index in [1.165, 1.54) is 0 Å². The van der Waals surface area contributed by atoms with Crippen molar-refractivity contribution >= 4 is 23.5 Å². The van der Waals surface area contributed by atoms with Gasteiger partial charge in [0.25, 0.3) is 0 Å². The molecule has 3 amide bonds. The van der Waals surface area contributed by atoms with E-state index in [0.29, 0.717) is 0 Å². The molecule has 7 heteroatoms.